The summed E-state index contributed by atoms with van der Waals surface area (Å²) in [6, 6.07) is 0. The topological polar surface area (TPSA) is 55.8 Å². The van der Waals surface area contributed by atoms with Crippen molar-refractivity contribution in [3.8, 4) is 0 Å². The molecular weight excluding hydrogens is 180 g/mol. The summed E-state index contributed by atoms with van der Waals surface area (Å²) in [5.74, 6) is 0. The number of thiocarbonyl (C=S) groups is 1. The quantitative estimate of drug-likeness (QED) is 0.420. The minimum absolute atomic E-state index is 0.321. The summed E-state index contributed by atoms with van der Waals surface area (Å²) in [5.41, 5.74) is 0. The molecule has 0 aliphatic rings. The number of ether oxygens (including phenoxy) is 2. The number of carbonyl (C=O) groups is 1. The summed E-state index contributed by atoms with van der Waals surface area (Å²) in [6.07, 6.45) is 1.54. The zero-order chi connectivity index (χ0) is 9.40. The molecule has 4 nitrogen and oxygen atoms in total. The molecule has 0 radical (unpaired) electrons. The maximum Gasteiger partial charge on any atom is 0.514 e. The molecule has 1 N–H and O–H groups in total. The predicted molar refractivity (Wildman–Crippen MR) is 47.2 cm³/mol. The van der Waals surface area contributed by atoms with Gasteiger partial charge in [-0.3, -0.25) is 0 Å². The molecule has 0 aromatic rings. The third kappa shape index (κ3) is 7.27. The Balaban J connectivity index is 3.26. The van der Waals surface area contributed by atoms with Crippen LogP contribution in [-0.2, 0) is 9.47 Å². The normalized spacial score (nSPS) is 9.08. The van der Waals surface area contributed by atoms with E-state index in [0.717, 1.165) is 19.3 Å². The van der Waals surface area contributed by atoms with Crippen molar-refractivity contribution >= 4 is 23.6 Å². The van der Waals surface area contributed by atoms with Crippen molar-refractivity contribution in [1.29, 1.82) is 0 Å². The second-order valence-corrected chi connectivity index (χ2v) is 2.51. The van der Waals surface area contributed by atoms with Crippen molar-refractivity contribution < 1.29 is 19.4 Å². The van der Waals surface area contributed by atoms with Crippen molar-refractivity contribution in [2.75, 3.05) is 6.61 Å². The van der Waals surface area contributed by atoms with Gasteiger partial charge in [-0.1, -0.05) is 19.8 Å². The second kappa shape index (κ2) is 6.84. The zero-order valence-corrected chi connectivity index (χ0v) is 7.73. The fraction of sp³-hybridized carbons (Fsp3) is 0.714. The summed E-state index contributed by atoms with van der Waals surface area (Å²) in [5, 5.41) is 7.78. The molecule has 0 amide bonds. The Bertz CT molecular complexity index is 157. The fourth-order valence-corrected chi connectivity index (χ4v) is 0.763. The SMILES string of the molecule is CCCCCOC(=S)OC(=O)O. The third-order valence-corrected chi connectivity index (χ3v) is 1.34. The molecule has 0 fully saturated rings. The van der Waals surface area contributed by atoms with Crippen LogP contribution in [0, 0.1) is 0 Å². The van der Waals surface area contributed by atoms with Crippen molar-refractivity contribution in [1.82, 2.24) is 0 Å². The molecule has 12 heavy (non-hydrogen) atoms. The maximum atomic E-state index is 9.91. The molecule has 0 unspecified atom stereocenters. The smallest absolute Gasteiger partial charge is 0.456 e. The highest BCUT2D eigenvalue weighted by Gasteiger charge is 2.03. The van der Waals surface area contributed by atoms with Crippen molar-refractivity contribution in [2.24, 2.45) is 0 Å². The van der Waals surface area contributed by atoms with Crippen molar-refractivity contribution in [3.63, 3.8) is 0 Å². The largest absolute Gasteiger partial charge is 0.514 e. The molecule has 0 saturated carbocycles. The van der Waals surface area contributed by atoms with E-state index in [1.54, 1.807) is 0 Å². The van der Waals surface area contributed by atoms with Crippen LogP contribution in [0.4, 0.5) is 4.79 Å². The lowest BCUT2D eigenvalue weighted by atomic mass is 10.3. The maximum absolute atomic E-state index is 9.91. The van der Waals surface area contributed by atoms with Crippen LogP contribution in [0.25, 0.3) is 0 Å². The lowest BCUT2D eigenvalue weighted by molar-refractivity contribution is 0.118. The number of carboxylic acid groups (broad SMARTS) is 1. The van der Waals surface area contributed by atoms with E-state index >= 15 is 0 Å². The van der Waals surface area contributed by atoms with Crippen LogP contribution in [0.15, 0.2) is 0 Å². The fourth-order valence-electron chi connectivity index (χ4n) is 0.608. The number of unbranched alkanes of at least 4 members (excludes halogenated alkanes) is 2. The molecule has 0 atom stereocenters. The van der Waals surface area contributed by atoms with Gasteiger partial charge in [0.05, 0.1) is 6.61 Å². The highest BCUT2D eigenvalue weighted by molar-refractivity contribution is 7.79. The Hall–Kier alpha value is -0.840. The minimum atomic E-state index is -1.43. The van der Waals surface area contributed by atoms with Gasteiger partial charge in [-0.2, -0.15) is 0 Å². The first kappa shape index (κ1) is 11.2. The summed E-state index contributed by atoms with van der Waals surface area (Å²) in [6.45, 7) is 2.48. The first-order chi connectivity index (χ1) is 5.66. The van der Waals surface area contributed by atoms with Crippen LogP contribution < -0.4 is 0 Å². The molecule has 0 aliphatic carbocycles. The van der Waals surface area contributed by atoms with Gasteiger partial charge in [0, 0.05) is 12.2 Å². The Morgan fingerprint density at radius 3 is 2.67 bits per heavy atom. The van der Waals surface area contributed by atoms with Gasteiger partial charge in [-0.25, -0.2) is 4.79 Å². The summed E-state index contributed by atoms with van der Waals surface area (Å²) in [4.78, 5) is 9.91. The Kier molecular flexibility index (Phi) is 6.37. The molecule has 0 heterocycles. The summed E-state index contributed by atoms with van der Waals surface area (Å²) in [7, 11) is 0. The molecule has 0 bridgehead atoms. The van der Waals surface area contributed by atoms with E-state index in [1.807, 2.05) is 0 Å². The number of hydrogen-bond donors (Lipinski definition) is 1. The average Bonchev–Trinajstić information content (AvgIpc) is 1.97. The molecule has 5 heteroatoms. The molecular formula is C7H12O4S. The van der Waals surface area contributed by atoms with Crippen molar-refractivity contribution in [3.05, 3.63) is 0 Å². The second-order valence-electron chi connectivity index (χ2n) is 2.17. The zero-order valence-electron chi connectivity index (χ0n) is 6.91. The van der Waals surface area contributed by atoms with Crippen LogP contribution in [-0.4, -0.2) is 23.1 Å². The number of rotatable bonds is 4. The average molecular weight is 192 g/mol. The van der Waals surface area contributed by atoms with Crippen LogP contribution >= 0.6 is 12.2 Å². The van der Waals surface area contributed by atoms with E-state index in [0.29, 0.717) is 6.61 Å². The van der Waals surface area contributed by atoms with E-state index in [2.05, 4.69) is 23.9 Å². The molecule has 0 rings (SSSR count). The number of hydrogen-bond acceptors (Lipinski definition) is 4. The van der Waals surface area contributed by atoms with Gasteiger partial charge in [0.15, 0.2) is 0 Å². The van der Waals surface area contributed by atoms with Gasteiger partial charge < -0.3 is 14.6 Å². The van der Waals surface area contributed by atoms with Crippen LogP contribution in [0.3, 0.4) is 0 Å². The van der Waals surface area contributed by atoms with E-state index in [-0.39, 0.29) is 5.24 Å². The Morgan fingerprint density at radius 2 is 2.17 bits per heavy atom. The molecule has 0 aromatic heterocycles. The highest BCUT2D eigenvalue weighted by Crippen LogP contribution is 1.95. The van der Waals surface area contributed by atoms with Gasteiger partial charge >= 0.3 is 11.4 Å². The lowest BCUT2D eigenvalue weighted by Gasteiger charge is -2.03. The van der Waals surface area contributed by atoms with Gasteiger partial charge in [0.25, 0.3) is 0 Å². The van der Waals surface area contributed by atoms with E-state index in [1.165, 1.54) is 0 Å². The highest BCUT2D eigenvalue weighted by atomic mass is 32.1. The van der Waals surface area contributed by atoms with E-state index in [4.69, 9.17) is 9.84 Å². The van der Waals surface area contributed by atoms with Gasteiger partial charge in [0.1, 0.15) is 0 Å². The van der Waals surface area contributed by atoms with Crippen LogP contribution in [0.1, 0.15) is 26.2 Å². The predicted octanol–water partition coefficient (Wildman–Crippen LogP) is 2.17. The standard InChI is InChI=1S/C7H12O4S/c1-2-3-4-5-10-7(12)11-6(8)9/h2-5H2,1H3,(H,8,9). The molecule has 0 spiro atoms. The van der Waals surface area contributed by atoms with Gasteiger partial charge in [-0.15, -0.1) is 0 Å². The van der Waals surface area contributed by atoms with Crippen LogP contribution in [0.2, 0.25) is 0 Å². The molecule has 0 aromatic carbocycles. The Morgan fingerprint density at radius 1 is 1.50 bits per heavy atom. The first-order valence-electron chi connectivity index (χ1n) is 3.74. The lowest BCUT2D eigenvalue weighted by Crippen LogP contribution is -2.11. The third-order valence-electron chi connectivity index (χ3n) is 1.14. The Labute approximate surface area is 76.5 Å². The summed E-state index contributed by atoms with van der Waals surface area (Å²) < 4.78 is 8.84. The van der Waals surface area contributed by atoms with Gasteiger partial charge in [0.2, 0.25) is 0 Å². The van der Waals surface area contributed by atoms with Crippen LogP contribution in [0.5, 0.6) is 0 Å². The first-order valence-corrected chi connectivity index (χ1v) is 4.15. The van der Waals surface area contributed by atoms with E-state index < -0.39 is 6.16 Å². The van der Waals surface area contributed by atoms with Gasteiger partial charge in [-0.05, 0) is 6.42 Å². The molecule has 70 valence electrons. The van der Waals surface area contributed by atoms with Crippen molar-refractivity contribution in [2.45, 2.75) is 26.2 Å². The summed E-state index contributed by atoms with van der Waals surface area (Å²) >= 11 is 4.45. The molecule has 0 saturated heterocycles. The van der Waals surface area contributed by atoms with E-state index in [9.17, 15) is 4.79 Å². The monoisotopic (exact) mass is 192 g/mol. The molecule has 0 aliphatic heterocycles. The minimum Gasteiger partial charge on any atom is -0.456 e.